The normalized spacial score (nSPS) is 12.1. The van der Waals surface area contributed by atoms with E-state index in [1.54, 1.807) is 12.6 Å². The molecule has 96 valence electrons. The van der Waals surface area contributed by atoms with E-state index in [-0.39, 0.29) is 6.04 Å². The monoisotopic (exact) mass is 247 g/mol. The average Bonchev–Trinajstić information content (AvgIpc) is 2.95. The molecule has 0 fully saturated rings. The Balaban J connectivity index is 2.20. The molecule has 6 nitrogen and oxygen atoms in total. The molecule has 0 aliphatic carbocycles. The minimum atomic E-state index is 0.280. The van der Waals surface area contributed by atoms with Gasteiger partial charge in [0.15, 0.2) is 0 Å². The molecule has 0 atom stereocenters. The fourth-order valence-corrected chi connectivity index (χ4v) is 1.51. The van der Waals surface area contributed by atoms with Crippen molar-refractivity contribution in [1.82, 2.24) is 20.1 Å². The average molecular weight is 247 g/mol. The number of aryl methyl sites for hydroxylation is 1. The molecule has 0 unspecified atom stereocenters. The molecule has 0 radical (unpaired) electrons. The zero-order valence-electron chi connectivity index (χ0n) is 10.8. The van der Waals surface area contributed by atoms with Gasteiger partial charge in [0.05, 0.1) is 6.26 Å². The standard InChI is InChI=1S/C12H17N5O/c1-9(2)15-12(17-8-14-16-10(17)3)13-7-11-5-4-6-18-11/h4-6,8-9H,7H2,1-3H3,(H,13,15). The lowest BCUT2D eigenvalue weighted by Crippen LogP contribution is -2.36. The summed E-state index contributed by atoms with van der Waals surface area (Å²) in [6.07, 6.45) is 3.29. The van der Waals surface area contributed by atoms with Crippen LogP contribution in [0.25, 0.3) is 0 Å². The Kier molecular flexibility index (Phi) is 3.76. The summed E-state index contributed by atoms with van der Waals surface area (Å²) in [6.45, 7) is 6.49. The van der Waals surface area contributed by atoms with E-state index in [9.17, 15) is 0 Å². The molecule has 0 saturated carbocycles. The van der Waals surface area contributed by atoms with Crippen molar-refractivity contribution in [3.8, 4) is 0 Å². The molecular formula is C12H17N5O. The van der Waals surface area contributed by atoms with Gasteiger partial charge < -0.3 is 9.73 Å². The highest BCUT2D eigenvalue weighted by Gasteiger charge is 2.08. The molecule has 0 spiro atoms. The van der Waals surface area contributed by atoms with Crippen LogP contribution in [0.2, 0.25) is 0 Å². The van der Waals surface area contributed by atoms with E-state index in [0.717, 1.165) is 17.5 Å². The van der Waals surface area contributed by atoms with Crippen molar-refractivity contribution in [2.75, 3.05) is 0 Å². The number of hydrogen-bond acceptors (Lipinski definition) is 4. The Bertz CT molecular complexity index is 512. The van der Waals surface area contributed by atoms with Gasteiger partial charge in [-0.3, -0.25) is 4.57 Å². The number of rotatable bonds is 3. The minimum Gasteiger partial charge on any atom is -0.467 e. The lowest BCUT2D eigenvalue weighted by atomic mass is 10.4. The van der Waals surface area contributed by atoms with Crippen LogP contribution in [0.3, 0.4) is 0 Å². The van der Waals surface area contributed by atoms with E-state index in [1.807, 2.05) is 23.6 Å². The van der Waals surface area contributed by atoms with Gasteiger partial charge in [-0.25, -0.2) is 4.99 Å². The van der Waals surface area contributed by atoms with Gasteiger partial charge >= 0.3 is 0 Å². The topological polar surface area (TPSA) is 68.2 Å². The molecule has 0 aliphatic rings. The first kappa shape index (κ1) is 12.3. The Labute approximate surface area is 106 Å². The van der Waals surface area contributed by atoms with E-state index in [4.69, 9.17) is 4.42 Å². The summed E-state index contributed by atoms with van der Waals surface area (Å²) in [4.78, 5) is 4.50. The number of hydrogen-bond donors (Lipinski definition) is 1. The van der Waals surface area contributed by atoms with E-state index in [2.05, 4.69) is 34.4 Å². The van der Waals surface area contributed by atoms with E-state index in [1.165, 1.54) is 0 Å². The van der Waals surface area contributed by atoms with Gasteiger partial charge in [-0.15, -0.1) is 10.2 Å². The number of aromatic nitrogens is 3. The van der Waals surface area contributed by atoms with E-state index >= 15 is 0 Å². The maximum absolute atomic E-state index is 5.26. The van der Waals surface area contributed by atoms with Crippen LogP contribution < -0.4 is 5.32 Å². The molecule has 18 heavy (non-hydrogen) atoms. The molecule has 0 bridgehead atoms. The van der Waals surface area contributed by atoms with Crippen molar-refractivity contribution in [2.45, 2.75) is 33.4 Å². The third kappa shape index (κ3) is 2.97. The van der Waals surface area contributed by atoms with Gasteiger partial charge in [0.25, 0.3) is 0 Å². The molecule has 2 aromatic heterocycles. The third-order valence-corrected chi connectivity index (χ3v) is 2.33. The number of nitrogens with one attached hydrogen (secondary N) is 1. The van der Waals surface area contributed by atoms with E-state index < -0.39 is 0 Å². The summed E-state index contributed by atoms with van der Waals surface area (Å²) in [6, 6.07) is 4.03. The Morgan fingerprint density at radius 3 is 2.94 bits per heavy atom. The maximum Gasteiger partial charge on any atom is 0.205 e. The highest BCUT2D eigenvalue weighted by Crippen LogP contribution is 2.02. The van der Waals surface area contributed by atoms with Crippen molar-refractivity contribution in [1.29, 1.82) is 0 Å². The first-order valence-corrected chi connectivity index (χ1v) is 5.87. The molecular weight excluding hydrogens is 230 g/mol. The van der Waals surface area contributed by atoms with Gasteiger partial charge in [0.2, 0.25) is 5.96 Å². The molecule has 6 heteroatoms. The number of aliphatic imine (C=N–C) groups is 1. The van der Waals surface area contributed by atoms with Gasteiger partial charge in [0.1, 0.15) is 24.5 Å². The molecule has 0 aromatic carbocycles. The molecule has 2 rings (SSSR count). The smallest absolute Gasteiger partial charge is 0.205 e. The fraction of sp³-hybridized carbons (Fsp3) is 0.417. The second-order valence-corrected chi connectivity index (χ2v) is 4.27. The molecule has 2 heterocycles. The van der Waals surface area contributed by atoms with Crippen LogP contribution in [0.4, 0.5) is 0 Å². The Hall–Kier alpha value is -2.11. The summed E-state index contributed by atoms with van der Waals surface area (Å²) < 4.78 is 7.08. The quantitative estimate of drug-likeness (QED) is 0.660. The predicted octanol–water partition coefficient (Wildman–Crippen LogP) is 1.58. The molecule has 1 N–H and O–H groups in total. The predicted molar refractivity (Wildman–Crippen MR) is 68.3 cm³/mol. The molecule has 2 aromatic rings. The van der Waals surface area contributed by atoms with Crippen LogP contribution in [0.1, 0.15) is 25.4 Å². The second-order valence-electron chi connectivity index (χ2n) is 4.27. The van der Waals surface area contributed by atoms with Gasteiger partial charge in [-0.05, 0) is 32.9 Å². The van der Waals surface area contributed by atoms with Gasteiger partial charge in [-0.1, -0.05) is 0 Å². The van der Waals surface area contributed by atoms with Crippen LogP contribution in [0.5, 0.6) is 0 Å². The highest BCUT2D eigenvalue weighted by molar-refractivity contribution is 5.82. The van der Waals surface area contributed by atoms with Crippen molar-refractivity contribution in [3.63, 3.8) is 0 Å². The summed E-state index contributed by atoms with van der Waals surface area (Å²) >= 11 is 0. The van der Waals surface area contributed by atoms with Gasteiger partial charge in [-0.2, -0.15) is 0 Å². The maximum atomic E-state index is 5.26. The first-order chi connectivity index (χ1) is 8.66. The summed E-state index contributed by atoms with van der Waals surface area (Å²) in [5.74, 6) is 2.34. The van der Waals surface area contributed by atoms with Crippen molar-refractivity contribution < 1.29 is 4.42 Å². The lowest BCUT2D eigenvalue weighted by molar-refractivity contribution is 0.511. The largest absolute Gasteiger partial charge is 0.467 e. The summed E-state index contributed by atoms with van der Waals surface area (Å²) in [7, 11) is 0. The van der Waals surface area contributed by atoms with Crippen LogP contribution in [0.15, 0.2) is 34.1 Å². The zero-order chi connectivity index (χ0) is 13.0. The number of nitrogens with zero attached hydrogens (tertiary/aromatic N) is 4. The van der Waals surface area contributed by atoms with Crippen LogP contribution in [-0.2, 0) is 6.54 Å². The zero-order valence-corrected chi connectivity index (χ0v) is 10.8. The number of furan rings is 1. The Morgan fingerprint density at radius 2 is 2.39 bits per heavy atom. The summed E-state index contributed by atoms with van der Waals surface area (Å²) in [5, 5.41) is 11.1. The van der Waals surface area contributed by atoms with Crippen molar-refractivity contribution in [3.05, 3.63) is 36.3 Å². The minimum absolute atomic E-state index is 0.280. The Morgan fingerprint density at radius 1 is 1.56 bits per heavy atom. The lowest BCUT2D eigenvalue weighted by Gasteiger charge is -2.14. The summed E-state index contributed by atoms with van der Waals surface area (Å²) in [5.41, 5.74) is 0. The second kappa shape index (κ2) is 5.48. The van der Waals surface area contributed by atoms with Gasteiger partial charge in [0, 0.05) is 6.04 Å². The molecule has 0 aliphatic heterocycles. The van der Waals surface area contributed by atoms with Crippen LogP contribution in [0, 0.1) is 6.92 Å². The van der Waals surface area contributed by atoms with E-state index in [0.29, 0.717) is 6.54 Å². The first-order valence-electron chi connectivity index (χ1n) is 5.87. The molecule has 0 amide bonds. The van der Waals surface area contributed by atoms with Crippen LogP contribution in [-0.4, -0.2) is 26.8 Å². The third-order valence-electron chi connectivity index (χ3n) is 2.33. The fourth-order valence-electron chi connectivity index (χ4n) is 1.51. The highest BCUT2D eigenvalue weighted by atomic mass is 16.3. The molecule has 0 saturated heterocycles. The van der Waals surface area contributed by atoms with Crippen molar-refractivity contribution in [2.24, 2.45) is 4.99 Å². The SMILES string of the molecule is Cc1nncn1C(=NCc1ccco1)NC(C)C. The van der Waals surface area contributed by atoms with Crippen molar-refractivity contribution >= 4 is 5.96 Å². The van der Waals surface area contributed by atoms with Crippen LogP contribution >= 0.6 is 0 Å².